The average Bonchev–Trinajstić information content (AvgIpc) is 3.01. The van der Waals surface area contributed by atoms with E-state index in [1.807, 2.05) is 36.4 Å². The Balaban J connectivity index is 2.01. The van der Waals surface area contributed by atoms with Crippen molar-refractivity contribution in [1.29, 1.82) is 0 Å². The molecule has 0 fully saturated rings. The van der Waals surface area contributed by atoms with E-state index < -0.39 is 29.9 Å². The molecule has 2 N–H and O–H groups in total. The number of hydrogen-bond acceptors (Lipinski definition) is 8. The fourth-order valence-electron chi connectivity index (χ4n) is 3.94. The molecule has 0 bridgehead atoms. The van der Waals surface area contributed by atoms with Crippen LogP contribution >= 0.6 is 0 Å². The van der Waals surface area contributed by atoms with Crippen LogP contribution in [0.4, 0.5) is 11.4 Å². The minimum atomic E-state index is -0.926. The number of methoxy groups -OCH3 is 4. The number of rotatable bonds is 13. The SMILES string of the molecule is COC(=O)[C@H](C)NC(=O)CN(C(=O)[C@H](/C=C/c1ccccc1)Nc1ccc(OC)cc1OC)c1ccc(OC)cc1. The summed E-state index contributed by atoms with van der Waals surface area (Å²) >= 11 is 0. The van der Waals surface area contributed by atoms with Crippen LogP contribution in [-0.2, 0) is 19.1 Å². The standard InChI is InChI=1S/C31H35N3O7/c1-21(31(37)41-5)32-29(35)20-34(23-12-14-24(38-2)15-13-23)30(36)27(17-11-22-9-7-6-8-10-22)33-26-18-16-25(39-3)19-28(26)40-4/h6-19,21,27,33H,20H2,1-5H3,(H,32,35)/b17-11+/t21-,27-/m0/s1. The summed E-state index contributed by atoms with van der Waals surface area (Å²) in [6.07, 6.45) is 3.53. The van der Waals surface area contributed by atoms with Crippen molar-refractivity contribution in [3.63, 3.8) is 0 Å². The van der Waals surface area contributed by atoms with Crippen LogP contribution in [0.25, 0.3) is 6.08 Å². The molecule has 2 atom stereocenters. The van der Waals surface area contributed by atoms with Crippen LogP contribution in [-0.4, -0.2) is 64.9 Å². The van der Waals surface area contributed by atoms with E-state index in [2.05, 4.69) is 10.6 Å². The van der Waals surface area contributed by atoms with Gasteiger partial charge >= 0.3 is 5.97 Å². The minimum absolute atomic E-state index is 0.358. The first-order chi connectivity index (χ1) is 19.8. The highest BCUT2D eigenvalue weighted by Gasteiger charge is 2.28. The summed E-state index contributed by atoms with van der Waals surface area (Å²) in [7, 11) is 5.85. The van der Waals surface area contributed by atoms with Gasteiger partial charge in [-0.1, -0.05) is 42.5 Å². The Labute approximate surface area is 239 Å². The number of carbonyl (C=O) groups excluding carboxylic acids is 3. The number of benzene rings is 3. The van der Waals surface area contributed by atoms with E-state index in [0.717, 1.165) is 5.56 Å². The summed E-state index contributed by atoms with van der Waals surface area (Å²) in [4.78, 5) is 40.4. The zero-order chi connectivity index (χ0) is 29.8. The molecule has 41 heavy (non-hydrogen) atoms. The molecule has 0 aliphatic heterocycles. The third kappa shape index (κ3) is 8.50. The second-order valence-corrected chi connectivity index (χ2v) is 8.89. The van der Waals surface area contributed by atoms with Gasteiger partial charge in [0.2, 0.25) is 5.91 Å². The van der Waals surface area contributed by atoms with Crippen molar-refractivity contribution in [3.05, 3.63) is 84.4 Å². The Morgan fingerprint density at radius 1 is 0.854 bits per heavy atom. The number of nitrogens with one attached hydrogen (secondary N) is 2. The average molecular weight is 562 g/mol. The van der Waals surface area contributed by atoms with Crippen LogP contribution in [0.2, 0.25) is 0 Å². The second-order valence-electron chi connectivity index (χ2n) is 8.89. The summed E-state index contributed by atoms with van der Waals surface area (Å²) in [6, 6.07) is 19.6. The second kappa shape index (κ2) is 15.0. The molecule has 0 saturated carbocycles. The van der Waals surface area contributed by atoms with E-state index in [1.54, 1.807) is 55.7 Å². The van der Waals surface area contributed by atoms with Gasteiger partial charge in [-0.3, -0.25) is 9.59 Å². The molecule has 0 heterocycles. The molecule has 3 aromatic rings. The van der Waals surface area contributed by atoms with E-state index in [-0.39, 0.29) is 6.54 Å². The third-order valence-electron chi connectivity index (χ3n) is 6.15. The monoisotopic (exact) mass is 561 g/mol. The molecule has 0 unspecified atom stereocenters. The van der Waals surface area contributed by atoms with Crippen molar-refractivity contribution in [1.82, 2.24) is 5.32 Å². The number of ether oxygens (including phenoxy) is 4. The van der Waals surface area contributed by atoms with E-state index >= 15 is 0 Å². The molecule has 0 aromatic heterocycles. The van der Waals surface area contributed by atoms with Gasteiger partial charge in [0.15, 0.2) is 0 Å². The summed E-state index contributed by atoms with van der Waals surface area (Å²) in [5.41, 5.74) is 1.88. The Morgan fingerprint density at radius 3 is 2.12 bits per heavy atom. The Bertz CT molecular complexity index is 1340. The maximum absolute atomic E-state index is 14.2. The molecule has 0 aliphatic rings. The number of amides is 2. The fraction of sp³-hybridized carbons (Fsp3) is 0.258. The van der Waals surface area contributed by atoms with E-state index in [1.165, 1.54) is 33.2 Å². The minimum Gasteiger partial charge on any atom is -0.497 e. The molecule has 0 aliphatic carbocycles. The largest absolute Gasteiger partial charge is 0.497 e. The highest BCUT2D eigenvalue weighted by Crippen LogP contribution is 2.30. The van der Waals surface area contributed by atoms with Gasteiger partial charge in [0.05, 0.1) is 34.1 Å². The van der Waals surface area contributed by atoms with Crippen LogP contribution in [0, 0.1) is 0 Å². The zero-order valence-corrected chi connectivity index (χ0v) is 23.7. The summed E-state index contributed by atoms with van der Waals surface area (Å²) in [5, 5.41) is 5.83. The molecule has 10 nitrogen and oxygen atoms in total. The highest BCUT2D eigenvalue weighted by atomic mass is 16.5. The van der Waals surface area contributed by atoms with E-state index in [0.29, 0.717) is 28.6 Å². The predicted molar refractivity (Wildman–Crippen MR) is 157 cm³/mol. The molecular formula is C31H35N3O7. The van der Waals surface area contributed by atoms with E-state index in [9.17, 15) is 14.4 Å². The molecule has 0 radical (unpaired) electrons. The predicted octanol–water partition coefficient (Wildman–Crippen LogP) is 3.92. The Hall–Kier alpha value is -4.99. The van der Waals surface area contributed by atoms with Gasteiger partial charge in [0, 0.05) is 11.8 Å². The molecule has 10 heteroatoms. The third-order valence-corrected chi connectivity index (χ3v) is 6.15. The first-order valence-corrected chi connectivity index (χ1v) is 12.8. The summed E-state index contributed by atoms with van der Waals surface area (Å²) < 4.78 is 20.8. The lowest BCUT2D eigenvalue weighted by Crippen LogP contribution is -2.49. The van der Waals surface area contributed by atoms with Gasteiger partial charge in [-0.15, -0.1) is 0 Å². The number of esters is 1. The lowest BCUT2D eigenvalue weighted by atomic mass is 10.1. The van der Waals surface area contributed by atoms with Crippen molar-refractivity contribution in [3.8, 4) is 17.2 Å². The van der Waals surface area contributed by atoms with Crippen LogP contribution in [0.15, 0.2) is 78.9 Å². The maximum Gasteiger partial charge on any atom is 0.328 e. The van der Waals surface area contributed by atoms with Crippen LogP contribution in [0.5, 0.6) is 17.2 Å². The van der Waals surface area contributed by atoms with Gasteiger partial charge < -0.3 is 34.5 Å². The molecule has 216 valence electrons. The Morgan fingerprint density at radius 2 is 1.51 bits per heavy atom. The van der Waals surface area contributed by atoms with Crippen molar-refractivity contribution in [2.24, 2.45) is 0 Å². The van der Waals surface area contributed by atoms with Crippen molar-refractivity contribution in [2.75, 3.05) is 45.2 Å². The highest BCUT2D eigenvalue weighted by molar-refractivity contribution is 6.04. The van der Waals surface area contributed by atoms with Gasteiger partial charge in [-0.2, -0.15) is 0 Å². The number of anilines is 2. The van der Waals surface area contributed by atoms with Gasteiger partial charge in [0.25, 0.3) is 5.91 Å². The van der Waals surface area contributed by atoms with Crippen molar-refractivity contribution >= 4 is 35.2 Å². The molecule has 0 saturated heterocycles. The van der Waals surface area contributed by atoms with Crippen LogP contribution in [0.1, 0.15) is 12.5 Å². The fourth-order valence-corrected chi connectivity index (χ4v) is 3.94. The zero-order valence-electron chi connectivity index (χ0n) is 23.7. The molecule has 3 rings (SSSR count). The van der Waals surface area contributed by atoms with Crippen LogP contribution in [0.3, 0.4) is 0 Å². The lowest BCUT2D eigenvalue weighted by Gasteiger charge is -2.28. The first kappa shape index (κ1) is 30.6. The number of carbonyl (C=O) groups is 3. The molecule has 0 spiro atoms. The number of hydrogen-bond donors (Lipinski definition) is 2. The van der Waals surface area contributed by atoms with Gasteiger partial charge in [-0.25, -0.2) is 4.79 Å². The molecule has 3 aromatic carbocycles. The summed E-state index contributed by atoms with van der Waals surface area (Å²) in [5.74, 6) is 0.0763. The smallest absolute Gasteiger partial charge is 0.328 e. The van der Waals surface area contributed by atoms with Crippen LogP contribution < -0.4 is 29.7 Å². The quantitative estimate of drug-likeness (QED) is 0.302. The topological polar surface area (TPSA) is 115 Å². The molecule has 2 amide bonds. The Kier molecular flexibility index (Phi) is 11.2. The van der Waals surface area contributed by atoms with Crippen molar-refractivity contribution < 1.29 is 33.3 Å². The first-order valence-electron chi connectivity index (χ1n) is 12.8. The van der Waals surface area contributed by atoms with Gasteiger partial charge in [-0.05, 0) is 48.9 Å². The number of nitrogens with zero attached hydrogens (tertiary/aromatic N) is 1. The molecular weight excluding hydrogens is 526 g/mol. The normalized spacial score (nSPS) is 12.1. The maximum atomic E-state index is 14.2. The summed E-state index contributed by atoms with van der Waals surface area (Å²) in [6.45, 7) is 1.15. The van der Waals surface area contributed by atoms with Gasteiger partial charge in [0.1, 0.15) is 35.9 Å². The van der Waals surface area contributed by atoms with E-state index in [4.69, 9.17) is 18.9 Å². The lowest BCUT2D eigenvalue weighted by molar-refractivity contribution is -0.144. The van der Waals surface area contributed by atoms with Crippen molar-refractivity contribution in [2.45, 2.75) is 19.0 Å².